The third-order valence-electron chi connectivity index (χ3n) is 3.14. The lowest BCUT2D eigenvalue weighted by Gasteiger charge is -2.12. The van der Waals surface area contributed by atoms with Crippen LogP contribution in [0.3, 0.4) is 0 Å². The summed E-state index contributed by atoms with van der Waals surface area (Å²) < 4.78 is 0. The second kappa shape index (κ2) is 7.34. The highest BCUT2D eigenvalue weighted by molar-refractivity contribution is 7.80. The van der Waals surface area contributed by atoms with Crippen LogP contribution in [-0.2, 0) is 0 Å². The molecule has 2 N–H and O–H groups in total. The molecule has 0 radical (unpaired) electrons. The third-order valence-corrected chi connectivity index (χ3v) is 3.33. The number of aryl methyl sites for hydroxylation is 2. The van der Waals surface area contributed by atoms with Crippen LogP contribution in [0.2, 0.25) is 0 Å². The zero-order valence-electron chi connectivity index (χ0n) is 12.4. The van der Waals surface area contributed by atoms with Crippen LogP contribution in [0.25, 0.3) is 0 Å². The van der Waals surface area contributed by atoms with E-state index < -0.39 is 0 Å². The molecule has 0 aromatic heterocycles. The van der Waals surface area contributed by atoms with E-state index in [1.54, 1.807) is 18.3 Å². The van der Waals surface area contributed by atoms with Crippen molar-refractivity contribution in [3.63, 3.8) is 0 Å². The molecule has 0 aliphatic heterocycles. The van der Waals surface area contributed by atoms with Gasteiger partial charge in [0.1, 0.15) is 0 Å². The highest BCUT2D eigenvalue weighted by Gasteiger charge is 2.03. The van der Waals surface area contributed by atoms with Crippen molar-refractivity contribution < 1.29 is 0 Å². The number of hydrazone groups is 1. The fourth-order valence-corrected chi connectivity index (χ4v) is 2.12. The zero-order chi connectivity index (χ0) is 15.9. The van der Waals surface area contributed by atoms with Crippen molar-refractivity contribution in [2.24, 2.45) is 5.10 Å². The normalized spacial score (nSPS) is 10.2. The SMILES string of the molecule is Cc1cccc(C)c1NC(=S)NN=Cc1ccc(C#N)cc1. The standard InChI is InChI=1S/C17H16N4S/c1-12-4-3-5-13(2)16(12)20-17(22)21-19-11-15-8-6-14(10-18)7-9-15/h3-9,11H,1-2H3,(H2,20,21,22). The highest BCUT2D eigenvalue weighted by Crippen LogP contribution is 2.19. The van der Waals surface area contributed by atoms with Crippen LogP contribution in [0.1, 0.15) is 22.3 Å². The summed E-state index contributed by atoms with van der Waals surface area (Å²) in [7, 11) is 0. The first kappa shape index (κ1) is 15.7. The molecule has 4 nitrogen and oxygen atoms in total. The number of nitrogens with zero attached hydrogens (tertiary/aromatic N) is 2. The van der Waals surface area contributed by atoms with Gasteiger partial charge in [0.15, 0.2) is 5.11 Å². The predicted molar refractivity (Wildman–Crippen MR) is 94.0 cm³/mol. The fourth-order valence-electron chi connectivity index (χ4n) is 1.96. The molecule has 0 saturated heterocycles. The molecule has 2 aromatic carbocycles. The summed E-state index contributed by atoms with van der Waals surface area (Å²) in [6.07, 6.45) is 1.65. The van der Waals surface area contributed by atoms with Gasteiger partial charge in [-0.25, -0.2) is 0 Å². The Labute approximate surface area is 135 Å². The molecular weight excluding hydrogens is 292 g/mol. The zero-order valence-corrected chi connectivity index (χ0v) is 13.2. The Kier molecular flexibility index (Phi) is 5.23. The Bertz CT molecular complexity index is 722. The average Bonchev–Trinajstić information content (AvgIpc) is 2.52. The van der Waals surface area contributed by atoms with Crippen molar-refractivity contribution in [3.8, 4) is 6.07 Å². The van der Waals surface area contributed by atoms with E-state index in [2.05, 4.69) is 21.9 Å². The van der Waals surface area contributed by atoms with Crippen LogP contribution in [-0.4, -0.2) is 11.3 Å². The first-order valence-corrected chi connectivity index (χ1v) is 7.17. The van der Waals surface area contributed by atoms with E-state index in [0.717, 1.165) is 22.4 Å². The second-order valence-corrected chi connectivity index (χ2v) is 5.23. The molecule has 2 rings (SSSR count). The molecule has 0 fully saturated rings. The summed E-state index contributed by atoms with van der Waals surface area (Å²) in [5.41, 5.74) is 7.54. The predicted octanol–water partition coefficient (Wildman–Crippen LogP) is 3.50. The van der Waals surface area contributed by atoms with Gasteiger partial charge in [-0.2, -0.15) is 10.4 Å². The van der Waals surface area contributed by atoms with Crippen molar-refractivity contribution in [1.29, 1.82) is 5.26 Å². The van der Waals surface area contributed by atoms with E-state index in [1.807, 2.05) is 44.2 Å². The first-order valence-electron chi connectivity index (χ1n) is 6.76. The maximum absolute atomic E-state index is 8.74. The molecule has 110 valence electrons. The van der Waals surface area contributed by atoms with E-state index in [1.165, 1.54) is 0 Å². The van der Waals surface area contributed by atoms with Crippen molar-refractivity contribution in [2.75, 3.05) is 5.32 Å². The number of benzene rings is 2. The maximum Gasteiger partial charge on any atom is 0.191 e. The average molecular weight is 308 g/mol. The van der Waals surface area contributed by atoms with Gasteiger partial charge >= 0.3 is 0 Å². The number of para-hydroxylation sites is 1. The minimum absolute atomic E-state index is 0.433. The minimum atomic E-state index is 0.433. The summed E-state index contributed by atoms with van der Waals surface area (Å²) in [6, 6.07) is 15.3. The first-order chi connectivity index (χ1) is 10.6. The third kappa shape index (κ3) is 4.14. The molecular formula is C17H16N4S. The van der Waals surface area contributed by atoms with Crippen molar-refractivity contribution in [3.05, 3.63) is 64.7 Å². The summed E-state index contributed by atoms with van der Waals surface area (Å²) in [6.45, 7) is 4.05. The van der Waals surface area contributed by atoms with Gasteiger partial charge in [0, 0.05) is 5.69 Å². The number of anilines is 1. The molecule has 0 spiro atoms. The van der Waals surface area contributed by atoms with Gasteiger partial charge in [-0.05, 0) is 54.9 Å². The molecule has 0 aliphatic carbocycles. The smallest absolute Gasteiger partial charge is 0.191 e. The van der Waals surface area contributed by atoms with Gasteiger partial charge in [0.2, 0.25) is 0 Å². The monoisotopic (exact) mass is 308 g/mol. The van der Waals surface area contributed by atoms with Gasteiger partial charge < -0.3 is 5.32 Å². The Morgan fingerprint density at radius 2 is 1.77 bits per heavy atom. The van der Waals surface area contributed by atoms with E-state index in [9.17, 15) is 0 Å². The number of hydrogen-bond acceptors (Lipinski definition) is 3. The largest absolute Gasteiger partial charge is 0.331 e. The molecule has 0 unspecified atom stereocenters. The number of thiocarbonyl (C=S) groups is 1. The van der Waals surface area contributed by atoms with Crippen LogP contribution in [0.4, 0.5) is 5.69 Å². The number of nitriles is 1. The Morgan fingerprint density at radius 3 is 2.36 bits per heavy atom. The molecule has 0 atom stereocenters. The Morgan fingerprint density at radius 1 is 1.14 bits per heavy atom. The summed E-state index contributed by atoms with van der Waals surface area (Å²) >= 11 is 5.23. The van der Waals surface area contributed by atoms with Crippen LogP contribution in [0, 0.1) is 25.2 Å². The van der Waals surface area contributed by atoms with E-state index in [0.29, 0.717) is 10.7 Å². The molecule has 0 amide bonds. The van der Waals surface area contributed by atoms with Gasteiger partial charge in [0.25, 0.3) is 0 Å². The summed E-state index contributed by atoms with van der Waals surface area (Å²) in [5, 5.41) is 16.4. The van der Waals surface area contributed by atoms with Gasteiger partial charge in [-0.3, -0.25) is 5.43 Å². The van der Waals surface area contributed by atoms with Crippen molar-refractivity contribution >= 4 is 29.2 Å². The topological polar surface area (TPSA) is 60.2 Å². The maximum atomic E-state index is 8.74. The van der Waals surface area contributed by atoms with E-state index >= 15 is 0 Å². The lowest BCUT2D eigenvalue weighted by atomic mass is 10.1. The highest BCUT2D eigenvalue weighted by atomic mass is 32.1. The second-order valence-electron chi connectivity index (χ2n) is 4.82. The summed E-state index contributed by atoms with van der Waals surface area (Å²) in [4.78, 5) is 0. The van der Waals surface area contributed by atoms with Crippen LogP contribution < -0.4 is 10.7 Å². The van der Waals surface area contributed by atoms with Gasteiger partial charge in [-0.15, -0.1) is 0 Å². The number of nitrogens with one attached hydrogen (secondary N) is 2. The van der Waals surface area contributed by atoms with Crippen LogP contribution in [0.15, 0.2) is 47.6 Å². The number of hydrogen-bond donors (Lipinski definition) is 2. The van der Waals surface area contributed by atoms with Gasteiger partial charge in [0.05, 0.1) is 17.8 Å². The molecule has 0 heterocycles. The molecule has 0 saturated carbocycles. The number of rotatable bonds is 3. The molecule has 0 aliphatic rings. The van der Waals surface area contributed by atoms with Crippen molar-refractivity contribution in [1.82, 2.24) is 5.43 Å². The van der Waals surface area contributed by atoms with E-state index in [4.69, 9.17) is 17.5 Å². The lowest BCUT2D eigenvalue weighted by Crippen LogP contribution is -2.24. The Hall–Kier alpha value is -2.71. The van der Waals surface area contributed by atoms with Crippen LogP contribution in [0.5, 0.6) is 0 Å². The lowest BCUT2D eigenvalue weighted by molar-refractivity contribution is 1.05. The van der Waals surface area contributed by atoms with E-state index in [-0.39, 0.29) is 0 Å². The molecule has 0 bridgehead atoms. The molecule has 22 heavy (non-hydrogen) atoms. The fraction of sp³-hybridized carbons (Fsp3) is 0.118. The quantitative estimate of drug-likeness (QED) is 0.517. The van der Waals surface area contributed by atoms with Crippen molar-refractivity contribution in [2.45, 2.75) is 13.8 Å². The minimum Gasteiger partial charge on any atom is -0.331 e. The summed E-state index contributed by atoms with van der Waals surface area (Å²) in [5.74, 6) is 0. The molecule has 5 heteroatoms. The van der Waals surface area contributed by atoms with Gasteiger partial charge in [-0.1, -0.05) is 30.3 Å². The molecule has 2 aromatic rings. The Balaban J connectivity index is 1.95. The van der Waals surface area contributed by atoms with Crippen LogP contribution >= 0.6 is 12.2 Å².